The van der Waals surface area contributed by atoms with E-state index in [2.05, 4.69) is 21.1 Å². The van der Waals surface area contributed by atoms with Crippen molar-refractivity contribution in [2.75, 3.05) is 30.8 Å². The van der Waals surface area contributed by atoms with Gasteiger partial charge in [-0.15, -0.1) is 0 Å². The molecule has 2 rings (SSSR count). The molecule has 5 heteroatoms. The van der Waals surface area contributed by atoms with Gasteiger partial charge in [-0.3, -0.25) is 4.98 Å². The van der Waals surface area contributed by atoms with Crippen molar-refractivity contribution in [2.24, 2.45) is 5.73 Å². The van der Waals surface area contributed by atoms with Crippen LogP contribution in [0.5, 0.6) is 0 Å². The van der Waals surface area contributed by atoms with Gasteiger partial charge in [-0.25, -0.2) is 4.98 Å². The van der Waals surface area contributed by atoms with Crippen LogP contribution in [0.3, 0.4) is 0 Å². The van der Waals surface area contributed by atoms with Crippen molar-refractivity contribution in [1.82, 2.24) is 9.97 Å². The van der Waals surface area contributed by atoms with Crippen LogP contribution in [0.4, 0.5) is 5.82 Å². The largest absolute Gasteiger partial charge is 0.355 e. The molecule has 0 spiro atoms. The van der Waals surface area contributed by atoms with Crippen molar-refractivity contribution in [3.05, 3.63) is 18.6 Å². The second-order valence-corrected chi connectivity index (χ2v) is 5.42. The van der Waals surface area contributed by atoms with Gasteiger partial charge < -0.3 is 10.6 Å². The number of anilines is 1. The fourth-order valence-electron chi connectivity index (χ4n) is 2.09. The zero-order valence-corrected chi connectivity index (χ0v) is 10.4. The van der Waals surface area contributed by atoms with Gasteiger partial charge in [0.1, 0.15) is 5.82 Å². The van der Waals surface area contributed by atoms with E-state index in [1.54, 1.807) is 12.4 Å². The van der Waals surface area contributed by atoms with Crippen molar-refractivity contribution >= 4 is 17.6 Å². The van der Waals surface area contributed by atoms with Crippen molar-refractivity contribution in [3.63, 3.8) is 0 Å². The Kier molecular flexibility index (Phi) is 3.66. The maximum Gasteiger partial charge on any atom is 0.147 e. The van der Waals surface area contributed by atoms with Crippen LogP contribution in [0.2, 0.25) is 0 Å². The summed E-state index contributed by atoms with van der Waals surface area (Å²) in [5.41, 5.74) is 5.87. The van der Waals surface area contributed by atoms with Crippen LogP contribution in [-0.4, -0.2) is 40.6 Å². The molecule has 1 aromatic heterocycles. The topological polar surface area (TPSA) is 55.0 Å². The number of hydrogen-bond donors (Lipinski definition) is 1. The first kappa shape index (κ1) is 11.7. The molecule has 88 valence electrons. The summed E-state index contributed by atoms with van der Waals surface area (Å²) in [7, 11) is 0. The first-order valence-electron chi connectivity index (χ1n) is 5.56. The molecule has 0 saturated carbocycles. The molecule has 1 aliphatic rings. The number of aromatic nitrogens is 2. The molecule has 1 saturated heterocycles. The number of piperidine rings is 1. The van der Waals surface area contributed by atoms with E-state index in [0.29, 0.717) is 0 Å². The average Bonchev–Trinajstić information content (AvgIpc) is 2.40. The number of nitrogens with two attached hydrogens (primary N) is 1. The third-order valence-electron chi connectivity index (χ3n) is 3.35. The molecule has 1 fully saturated rings. The van der Waals surface area contributed by atoms with E-state index in [9.17, 15) is 0 Å². The smallest absolute Gasteiger partial charge is 0.147 e. The van der Waals surface area contributed by atoms with Gasteiger partial charge in [0.05, 0.1) is 6.20 Å². The highest BCUT2D eigenvalue weighted by Gasteiger charge is 2.32. The Morgan fingerprint density at radius 1 is 1.44 bits per heavy atom. The second kappa shape index (κ2) is 5.01. The van der Waals surface area contributed by atoms with Gasteiger partial charge in [-0.2, -0.15) is 11.8 Å². The molecular formula is C11H18N4S. The van der Waals surface area contributed by atoms with Crippen LogP contribution in [0.1, 0.15) is 12.8 Å². The highest BCUT2D eigenvalue weighted by Crippen LogP contribution is 2.34. The van der Waals surface area contributed by atoms with Gasteiger partial charge in [0.15, 0.2) is 0 Å². The van der Waals surface area contributed by atoms with Crippen LogP contribution in [0, 0.1) is 0 Å². The summed E-state index contributed by atoms with van der Waals surface area (Å²) < 4.78 is 0.276. The lowest BCUT2D eigenvalue weighted by atomic mass is 9.96. The third-order valence-corrected chi connectivity index (χ3v) is 4.79. The fraction of sp³-hybridized carbons (Fsp3) is 0.636. The quantitative estimate of drug-likeness (QED) is 0.855. The molecule has 1 aromatic rings. The molecule has 2 heterocycles. The summed E-state index contributed by atoms with van der Waals surface area (Å²) in [5.74, 6) is 0.981. The van der Waals surface area contributed by atoms with E-state index in [1.807, 2.05) is 18.0 Å². The van der Waals surface area contributed by atoms with Gasteiger partial charge in [-0.05, 0) is 19.1 Å². The molecule has 1 aliphatic heterocycles. The minimum Gasteiger partial charge on any atom is -0.355 e. The Morgan fingerprint density at radius 3 is 2.69 bits per heavy atom. The molecule has 0 amide bonds. The van der Waals surface area contributed by atoms with Gasteiger partial charge in [0, 0.05) is 36.8 Å². The van der Waals surface area contributed by atoms with Gasteiger partial charge in [-0.1, -0.05) is 0 Å². The van der Waals surface area contributed by atoms with Gasteiger partial charge >= 0.3 is 0 Å². The molecule has 0 aromatic carbocycles. The molecule has 2 N–H and O–H groups in total. The lowest BCUT2D eigenvalue weighted by molar-refractivity contribution is 0.455. The molecular weight excluding hydrogens is 220 g/mol. The molecule has 0 bridgehead atoms. The van der Waals surface area contributed by atoms with E-state index in [-0.39, 0.29) is 4.75 Å². The molecule has 0 atom stereocenters. The summed E-state index contributed by atoms with van der Waals surface area (Å²) in [6, 6.07) is 0. The molecule has 4 nitrogen and oxygen atoms in total. The third kappa shape index (κ3) is 2.30. The van der Waals surface area contributed by atoms with Crippen LogP contribution >= 0.6 is 11.8 Å². The van der Waals surface area contributed by atoms with E-state index in [1.165, 1.54) is 0 Å². The Bertz CT molecular complexity index is 316. The SMILES string of the molecule is CSC1(CN)CCN(c2cnccn2)CC1. The Morgan fingerprint density at radius 2 is 2.19 bits per heavy atom. The molecule has 0 radical (unpaired) electrons. The van der Waals surface area contributed by atoms with Crippen molar-refractivity contribution in [2.45, 2.75) is 17.6 Å². The summed E-state index contributed by atoms with van der Waals surface area (Å²) in [6.45, 7) is 2.82. The maximum atomic E-state index is 5.87. The minimum atomic E-state index is 0.276. The number of rotatable bonds is 3. The van der Waals surface area contributed by atoms with Crippen molar-refractivity contribution in [3.8, 4) is 0 Å². The lowest BCUT2D eigenvalue weighted by Gasteiger charge is -2.40. The van der Waals surface area contributed by atoms with Crippen LogP contribution < -0.4 is 10.6 Å². The van der Waals surface area contributed by atoms with Crippen molar-refractivity contribution < 1.29 is 0 Å². The predicted molar refractivity (Wildman–Crippen MR) is 68.8 cm³/mol. The Labute approximate surface area is 101 Å². The number of nitrogens with zero attached hydrogens (tertiary/aromatic N) is 3. The number of hydrogen-bond acceptors (Lipinski definition) is 5. The summed E-state index contributed by atoms with van der Waals surface area (Å²) in [6.07, 6.45) is 9.69. The van der Waals surface area contributed by atoms with Crippen LogP contribution in [-0.2, 0) is 0 Å². The molecule has 16 heavy (non-hydrogen) atoms. The number of thioether (sulfide) groups is 1. The molecule has 0 unspecified atom stereocenters. The monoisotopic (exact) mass is 238 g/mol. The summed E-state index contributed by atoms with van der Waals surface area (Å²) >= 11 is 1.90. The van der Waals surface area contributed by atoms with Gasteiger partial charge in [0.25, 0.3) is 0 Å². The van der Waals surface area contributed by atoms with E-state index in [0.717, 1.165) is 38.3 Å². The Hall–Kier alpha value is -0.810. The lowest BCUT2D eigenvalue weighted by Crippen LogP contribution is -2.46. The predicted octanol–water partition coefficient (Wildman–Crippen LogP) is 1.14. The zero-order chi connectivity index (χ0) is 11.4. The maximum absolute atomic E-state index is 5.87. The highest BCUT2D eigenvalue weighted by atomic mass is 32.2. The van der Waals surface area contributed by atoms with Crippen LogP contribution in [0.25, 0.3) is 0 Å². The van der Waals surface area contributed by atoms with Crippen molar-refractivity contribution in [1.29, 1.82) is 0 Å². The minimum absolute atomic E-state index is 0.276. The summed E-state index contributed by atoms with van der Waals surface area (Å²) in [5, 5.41) is 0. The first-order valence-corrected chi connectivity index (χ1v) is 6.78. The van der Waals surface area contributed by atoms with Crippen LogP contribution in [0.15, 0.2) is 18.6 Å². The first-order chi connectivity index (χ1) is 7.79. The summed E-state index contributed by atoms with van der Waals surface area (Å²) in [4.78, 5) is 10.7. The average molecular weight is 238 g/mol. The van der Waals surface area contributed by atoms with E-state index < -0.39 is 0 Å². The van der Waals surface area contributed by atoms with E-state index >= 15 is 0 Å². The van der Waals surface area contributed by atoms with Gasteiger partial charge in [0.2, 0.25) is 0 Å². The second-order valence-electron chi connectivity index (χ2n) is 4.14. The Balaban J connectivity index is 2.00. The fourth-order valence-corrected chi connectivity index (χ4v) is 2.85. The standard InChI is InChI=1S/C11H18N4S/c1-16-11(9-12)2-6-15(7-3-11)10-8-13-4-5-14-10/h4-5,8H,2-3,6-7,9,12H2,1H3. The normalized spacial score (nSPS) is 19.8. The highest BCUT2D eigenvalue weighted by molar-refractivity contribution is 8.00. The van der Waals surface area contributed by atoms with E-state index in [4.69, 9.17) is 5.73 Å². The zero-order valence-electron chi connectivity index (χ0n) is 9.59. The molecule has 0 aliphatic carbocycles.